The average Bonchev–Trinajstić information content (AvgIpc) is 3.79. The Morgan fingerprint density at radius 3 is 2.21 bits per heavy atom. The van der Waals surface area contributed by atoms with Crippen molar-refractivity contribution < 1.29 is 31.5 Å². The fraction of sp³-hybridized carbons (Fsp3) is 0.152. The number of carbonyl (C=O) groups is 1. The van der Waals surface area contributed by atoms with Crippen LogP contribution >= 0.6 is 11.8 Å². The smallest absolute Gasteiger partial charge is 0.344 e. The molecule has 3 aromatic carbocycles. The second kappa shape index (κ2) is 14.4. The maximum atomic E-state index is 12.8. The van der Waals surface area contributed by atoms with Crippen molar-refractivity contribution in [3.05, 3.63) is 108 Å². The number of carbonyl (C=O) groups excluding carboxylic acids is 1. The highest BCUT2D eigenvalue weighted by Crippen LogP contribution is 2.29. The predicted octanol–water partition coefficient (Wildman–Crippen LogP) is 6.06. The number of hydrogen-bond acceptors (Lipinski definition) is 13. The maximum absolute atomic E-state index is 12.8. The Morgan fingerprint density at radius 2 is 1.47 bits per heavy atom. The van der Waals surface area contributed by atoms with Crippen molar-refractivity contribution in [3.63, 3.8) is 0 Å². The zero-order chi connectivity index (χ0) is 32.6. The summed E-state index contributed by atoms with van der Waals surface area (Å²) < 4.78 is 47.2. The van der Waals surface area contributed by atoms with Gasteiger partial charge in [0.1, 0.15) is 5.75 Å². The first-order valence-electron chi connectivity index (χ1n) is 14.4. The van der Waals surface area contributed by atoms with Gasteiger partial charge in [0.05, 0.1) is 18.1 Å². The molecule has 3 heterocycles. The molecule has 0 N–H and O–H groups in total. The summed E-state index contributed by atoms with van der Waals surface area (Å²) in [4.78, 5) is 16.0. The van der Waals surface area contributed by atoms with E-state index in [0.717, 1.165) is 16.8 Å². The molecule has 0 saturated heterocycles. The first-order valence-corrected chi connectivity index (χ1v) is 17.0. The number of nitrogens with zero attached hydrogens (tertiary/aromatic N) is 5. The van der Waals surface area contributed by atoms with Gasteiger partial charge in [-0.2, -0.15) is 0 Å². The van der Waals surface area contributed by atoms with Crippen LogP contribution < -0.4 is 4.74 Å². The Balaban J connectivity index is 1.05. The number of sulfone groups is 1. The number of esters is 1. The minimum atomic E-state index is -3.78. The van der Waals surface area contributed by atoms with E-state index in [2.05, 4.69) is 25.4 Å². The van der Waals surface area contributed by atoms with E-state index in [4.69, 9.17) is 18.3 Å². The van der Waals surface area contributed by atoms with E-state index in [1.807, 2.05) is 30.3 Å². The van der Waals surface area contributed by atoms with E-state index < -0.39 is 21.0 Å². The molecule has 0 aliphatic rings. The molecular formula is C33H27N5O7S2. The molecule has 0 spiro atoms. The molecule has 0 fully saturated rings. The lowest BCUT2D eigenvalue weighted by Gasteiger charge is -2.05. The normalized spacial score (nSPS) is 11.3. The third kappa shape index (κ3) is 8.09. The molecule has 0 bridgehead atoms. The molecule has 0 saturated carbocycles. The first kappa shape index (κ1) is 31.6. The van der Waals surface area contributed by atoms with Crippen LogP contribution in [0, 0.1) is 0 Å². The van der Waals surface area contributed by atoms with Crippen molar-refractivity contribution >= 4 is 27.6 Å². The summed E-state index contributed by atoms with van der Waals surface area (Å²) in [6.45, 7) is 1.87. The van der Waals surface area contributed by atoms with Gasteiger partial charge in [0, 0.05) is 23.1 Å². The molecular weight excluding hydrogens is 643 g/mol. The highest BCUT2D eigenvalue weighted by atomic mass is 32.2. The van der Waals surface area contributed by atoms with Crippen LogP contribution in [-0.4, -0.2) is 53.0 Å². The predicted molar refractivity (Wildman–Crippen MR) is 172 cm³/mol. The summed E-state index contributed by atoms with van der Waals surface area (Å²) in [5.74, 6) is 0.829. The largest absolute Gasteiger partial charge is 0.482 e. The second-order valence-electron chi connectivity index (χ2n) is 10.0. The zero-order valence-corrected chi connectivity index (χ0v) is 26.6. The molecule has 3 aromatic heterocycles. The maximum Gasteiger partial charge on any atom is 0.344 e. The van der Waals surface area contributed by atoms with Crippen LogP contribution in [-0.2, 0) is 30.9 Å². The van der Waals surface area contributed by atoms with E-state index in [-0.39, 0.29) is 18.3 Å². The van der Waals surface area contributed by atoms with Gasteiger partial charge < -0.3 is 18.3 Å². The van der Waals surface area contributed by atoms with Crippen molar-refractivity contribution in [2.45, 2.75) is 28.9 Å². The third-order valence-electron chi connectivity index (χ3n) is 6.67. The van der Waals surface area contributed by atoms with E-state index in [0.29, 0.717) is 45.9 Å². The number of ether oxygens (including phenoxy) is 2. The Labute approximate surface area is 274 Å². The summed E-state index contributed by atoms with van der Waals surface area (Å²) in [7, 11) is -3.78. The van der Waals surface area contributed by atoms with Crippen molar-refractivity contribution in [1.82, 2.24) is 25.4 Å². The van der Waals surface area contributed by atoms with Crippen LogP contribution in [0.3, 0.4) is 0 Å². The van der Waals surface area contributed by atoms with Crippen LogP contribution in [0.5, 0.6) is 5.75 Å². The minimum absolute atomic E-state index is 0.118. The lowest BCUT2D eigenvalue weighted by molar-refractivity contribution is -0.145. The molecule has 47 heavy (non-hydrogen) atoms. The van der Waals surface area contributed by atoms with Crippen LogP contribution in [0.4, 0.5) is 0 Å². The van der Waals surface area contributed by atoms with Gasteiger partial charge in [-0.3, -0.25) is 4.98 Å². The summed E-state index contributed by atoms with van der Waals surface area (Å²) >= 11 is 1.36. The van der Waals surface area contributed by atoms with Crippen molar-refractivity contribution in [1.29, 1.82) is 0 Å². The number of rotatable bonds is 13. The van der Waals surface area contributed by atoms with Gasteiger partial charge in [-0.25, -0.2) is 13.2 Å². The molecule has 238 valence electrons. The van der Waals surface area contributed by atoms with E-state index in [9.17, 15) is 13.2 Å². The fourth-order valence-electron chi connectivity index (χ4n) is 4.41. The standard InChI is InChI=1S/C33H27N5O7S2/c1-2-42-29(39)19-43-28-14-12-25(13-15-28)30-35-37-32(44-30)46-20-27-18-26(16-17-34-27)23-8-10-24(11-9-23)31-36-38-33(45-31)47(40,41)21-22-6-4-3-5-7-22/h3-18H,2,19-21H2,1H3. The Bertz CT molecular complexity index is 2060. The molecule has 0 unspecified atom stereocenters. The van der Waals surface area contributed by atoms with Gasteiger partial charge in [0.25, 0.3) is 5.22 Å². The number of pyridine rings is 1. The second-order valence-corrected chi connectivity index (χ2v) is 12.8. The molecule has 0 radical (unpaired) electrons. The van der Waals surface area contributed by atoms with Gasteiger partial charge in [0.2, 0.25) is 21.6 Å². The van der Waals surface area contributed by atoms with Gasteiger partial charge in [-0.15, -0.1) is 15.3 Å². The molecule has 12 nitrogen and oxygen atoms in total. The number of aromatic nitrogens is 5. The van der Waals surface area contributed by atoms with E-state index in [1.165, 1.54) is 11.8 Å². The summed E-state index contributed by atoms with van der Waals surface area (Å²) in [5, 5.41) is 16.0. The molecule has 0 amide bonds. The first-order chi connectivity index (χ1) is 22.9. The number of thioether (sulfide) groups is 1. The quantitative estimate of drug-likeness (QED) is 0.103. The van der Waals surface area contributed by atoms with Gasteiger partial charge in [0.15, 0.2) is 6.61 Å². The highest BCUT2D eigenvalue weighted by molar-refractivity contribution is 7.98. The molecule has 6 aromatic rings. The molecule has 6 rings (SSSR count). The van der Waals surface area contributed by atoms with Crippen molar-refractivity contribution in [2.75, 3.05) is 13.2 Å². The lowest BCUT2D eigenvalue weighted by Crippen LogP contribution is -2.14. The van der Waals surface area contributed by atoms with Crippen molar-refractivity contribution in [3.8, 4) is 39.8 Å². The third-order valence-corrected chi connectivity index (χ3v) is 8.93. The fourth-order valence-corrected chi connectivity index (χ4v) is 6.20. The summed E-state index contributed by atoms with van der Waals surface area (Å²) in [6, 6.07) is 27.0. The van der Waals surface area contributed by atoms with Crippen molar-refractivity contribution in [2.24, 2.45) is 0 Å². The molecule has 0 aliphatic carbocycles. The Hall–Kier alpha value is -5.34. The summed E-state index contributed by atoms with van der Waals surface area (Å²) in [5.41, 5.74) is 4.62. The van der Waals surface area contributed by atoms with Crippen LogP contribution in [0.25, 0.3) is 34.0 Å². The minimum Gasteiger partial charge on any atom is -0.482 e. The van der Waals surface area contributed by atoms with E-state index in [1.54, 1.807) is 73.8 Å². The van der Waals surface area contributed by atoms with Crippen LogP contribution in [0.1, 0.15) is 18.2 Å². The van der Waals surface area contributed by atoms with E-state index >= 15 is 0 Å². The number of benzene rings is 3. The molecule has 14 heteroatoms. The molecule has 0 aliphatic heterocycles. The average molecular weight is 670 g/mol. The Kier molecular flexibility index (Phi) is 9.69. The SMILES string of the molecule is CCOC(=O)COc1ccc(-c2nnc(SCc3cc(-c4ccc(-c5nnc(S(=O)(=O)Cc6ccccc6)o5)cc4)ccn3)o2)cc1. The summed E-state index contributed by atoms with van der Waals surface area (Å²) in [6.07, 6.45) is 1.73. The number of hydrogen-bond donors (Lipinski definition) is 0. The van der Waals surface area contributed by atoms with Gasteiger partial charge >= 0.3 is 11.2 Å². The van der Waals surface area contributed by atoms with Gasteiger partial charge in [-0.1, -0.05) is 59.3 Å². The highest BCUT2D eigenvalue weighted by Gasteiger charge is 2.23. The lowest BCUT2D eigenvalue weighted by atomic mass is 10.0. The zero-order valence-electron chi connectivity index (χ0n) is 25.0. The van der Waals surface area contributed by atoms with Crippen LogP contribution in [0.15, 0.2) is 116 Å². The van der Waals surface area contributed by atoms with Crippen LogP contribution in [0.2, 0.25) is 0 Å². The molecule has 0 atom stereocenters. The Morgan fingerprint density at radius 1 is 0.787 bits per heavy atom. The monoisotopic (exact) mass is 669 g/mol. The topological polar surface area (TPSA) is 160 Å². The van der Waals surface area contributed by atoms with Gasteiger partial charge in [-0.05, 0) is 72.1 Å².